The molecule has 0 aliphatic heterocycles. The maximum absolute atomic E-state index is 5.61. The standard InChI is InChI=1S/C19H24O2/c1-4-5-7-10-15-13-17(20-2)19(18(14-15)21-3)16-11-8-6-9-12-16/h6,8-9,11-14H,4-5,7,10H2,1-3H3. The Morgan fingerprint density at radius 3 is 2.00 bits per heavy atom. The zero-order valence-electron chi connectivity index (χ0n) is 13.2. The Bertz CT molecular complexity index is 536. The lowest BCUT2D eigenvalue weighted by Crippen LogP contribution is -1.96. The van der Waals surface area contributed by atoms with Crippen LogP contribution in [0.5, 0.6) is 11.5 Å². The van der Waals surface area contributed by atoms with Gasteiger partial charge in [0.05, 0.1) is 19.8 Å². The van der Waals surface area contributed by atoms with Gasteiger partial charge in [-0.15, -0.1) is 0 Å². The predicted octanol–water partition coefficient (Wildman–Crippen LogP) is 5.10. The number of rotatable bonds is 7. The molecule has 0 saturated carbocycles. The highest BCUT2D eigenvalue weighted by Gasteiger charge is 2.14. The smallest absolute Gasteiger partial charge is 0.130 e. The van der Waals surface area contributed by atoms with Crippen molar-refractivity contribution in [1.29, 1.82) is 0 Å². The Morgan fingerprint density at radius 2 is 1.48 bits per heavy atom. The minimum Gasteiger partial charge on any atom is -0.496 e. The van der Waals surface area contributed by atoms with Crippen molar-refractivity contribution < 1.29 is 9.47 Å². The highest BCUT2D eigenvalue weighted by Crippen LogP contribution is 2.39. The average Bonchev–Trinajstić information content (AvgIpc) is 2.55. The van der Waals surface area contributed by atoms with Crippen LogP contribution in [0.1, 0.15) is 31.7 Å². The molecule has 0 amide bonds. The third-order valence-electron chi connectivity index (χ3n) is 3.70. The van der Waals surface area contributed by atoms with E-state index in [4.69, 9.17) is 9.47 Å². The number of benzene rings is 2. The third-order valence-corrected chi connectivity index (χ3v) is 3.70. The summed E-state index contributed by atoms with van der Waals surface area (Å²) in [6.07, 6.45) is 4.75. The highest BCUT2D eigenvalue weighted by atomic mass is 16.5. The maximum atomic E-state index is 5.61. The molecule has 2 aromatic rings. The first kappa shape index (κ1) is 15.4. The van der Waals surface area contributed by atoms with Crippen molar-refractivity contribution in [2.24, 2.45) is 0 Å². The molecular formula is C19H24O2. The first-order valence-corrected chi connectivity index (χ1v) is 7.60. The van der Waals surface area contributed by atoms with Gasteiger partial charge in [-0.2, -0.15) is 0 Å². The van der Waals surface area contributed by atoms with Crippen LogP contribution in [-0.2, 0) is 6.42 Å². The van der Waals surface area contributed by atoms with E-state index < -0.39 is 0 Å². The lowest BCUT2D eigenvalue weighted by atomic mass is 9.98. The van der Waals surface area contributed by atoms with Crippen LogP contribution in [0.2, 0.25) is 0 Å². The Labute approximate surface area is 127 Å². The zero-order valence-corrected chi connectivity index (χ0v) is 13.2. The van der Waals surface area contributed by atoms with Gasteiger partial charge in [0, 0.05) is 0 Å². The van der Waals surface area contributed by atoms with Crippen molar-refractivity contribution in [3.8, 4) is 22.6 Å². The maximum Gasteiger partial charge on any atom is 0.130 e. The van der Waals surface area contributed by atoms with E-state index in [9.17, 15) is 0 Å². The molecule has 2 heteroatoms. The van der Waals surface area contributed by atoms with Crippen molar-refractivity contribution in [1.82, 2.24) is 0 Å². The van der Waals surface area contributed by atoms with Crippen molar-refractivity contribution in [3.05, 3.63) is 48.0 Å². The van der Waals surface area contributed by atoms with E-state index in [1.807, 2.05) is 18.2 Å². The summed E-state index contributed by atoms with van der Waals surface area (Å²) in [6, 6.07) is 14.5. The zero-order chi connectivity index (χ0) is 15.1. The minimum absolute atomic E-state index is 0.882. The van der Waals surface area contributed by atoms with Gasteiger partial charge in [-0.3, -0.25) is 0 Å². The second-order valence-electron chi connectivity index (χ2n) is 5.20. The third kappa shape index (κ3) is 3.78. The molecule has 0 aliphatic rings. The van der Waals surface area contributed by atoms with Gasteiger partial charge < -0.3 is 9.47 Å². The largest absolute Gasteiger partial charge is 0.496 e. The molecule has 0 atom stereocenters. The van der Waals surface area contributed by atoms with E-state index in [0.29, 0.717) is 0 Å². The van der Waals surface area contributed by atoms with E-state index >= 15 is 0 Å². The van der Waals surface area contributed by atoms with Crippen LogP contribution in [-0.4, -0.2) is 14.2 Å². The fraction of sp³-hybridized carbons (Fsp3) is 0.368. The minimum atomic E-state index is 0.882. The normalized spacial score (nSPS) is 10.4. The summed E-state index contributed by atoms with van der Waals surface area (Å²) in [5.74, 6) is 1.76. The van der Waals surface area contributed by atoms with Crippen molar-refractivity contribution >= 4 is 0 Å². The van der Waals surface area contributed by atoms with E-state index in [2.05, 4.69) is 31.2 Å². The van der Waals surface area contributed by atoms with Crippen LogP contribution >= 0.6 is 0 Å². The number of hydrogen-bond donors (Lipinski definition) is 0. The van der Waals surface area contributed by atoms with E-state index in [1.54, 1.807) is 14.2 Å². The van der Waals surface area contributed by atoms with E-state index in [0.717, 1.165) is 29.0 Å². The molecule has 0 heterocycles. The van der Waals surface area contributed by atoms with E-state index in [1.165, 1.54) is 24.8 Å². The molecule has 2 nitrogen and oxygen atoms in total. The Balaban J connectivity index is 2.40. The van der Waals surface area contributed by atoms with Gasteiger partial charge in [-0.1, -0.05) is 50.1 Å². The summed E-state index contributed by atoms with van der Waals surface area (Å²) in [4.78, 5) is 0. The van der Waals surface area contributed by atoms with Gasteiger partial charge in [0.2, 0.25) is 0 Å². The molecule has 0 fully saturated rings. The summed E-state index contributed by atoms with van der Waals surface area (Å²) in [7, 11) is 3.44. The topological polar surface area (TPSA) is 18.5 Å². The number of methoxy groups -OCH3 is 2. The van der Waals surface area contributed by atoms with Crippen LogP contribution < -0.4 is 9.47 Å². The summed E-state index contributed by atoms with van der Waals surface area (Å²) in [5.41, 5.74) is 3.42. The SMILES string of the molecule is CCCCCc1cc(OC)c(-c2ccccc2)c(OC)c1. The monoisotopic (exact) mass is 284 g/mol. The number of aryl methyl sites for hydroxylation is 1. The molecule has 0 aliphatic carbocycles. The van der Waals surface area contributed by atoms with E-state index in [-0.39, 0.29) is 0 Å². The molecule has 0 aromatic heterocycles. The van der Waals surface area contributed by atoms with Gasteiger partial charge >= 0.3 is 0 Å². The summed E-state index contributed by atoms with van der Waals surface area (Å²) in [6.45, 7) is 2.22. The molecule has 0 unspecified atom stereocenters. The Kier molecular flexibility index (Phi) is 5.68. The van der Waals surface area contributed by atoms with Gasteiger partial charge in [0.1, 0.15) is 11.5 Å². The Hall–Kier alpha value is -1.96. The molecule has 0 radical (unpaired) electrons. The number of ether oxygens (including phenoxy) is 2. The number of unbranched alkanes of at least 4 members (excludes halogenated alkanes) is 2. The second-order valence-corrected chi connectivity index (χ2v) is 5.20. The summed E-state index contributed by atoms with van der Waals surface area (Å²) >= 11 is 0. The number of hydrogen-bond acceptors (Lipinski definition) is 2. The first-order chi connectivity index (χ1) is 10.3. The lowest BCUT2D eigenvalue weighted by Gasteiger charge is -2.15. The molecule has 0 bridgehead atoms. The van der Waals surface area contributed by atoms with Gasteiger partial charge in [-0.25, -0.2) is 0 Å². The van der Waals surface area contributed by atoms with Crippen molar-refractivity contribution in [2.75, 3.05) is 14.2 Å². The molecule has 0 N–H and O–H groups in total. The molecule has 21 heavy (non-hydrogen) atoms. The molecule has 0 spiro atoms. The lowest BCUT2D eigenvalue weighted by molar-refractivity contribution is 0.396. The second kappa shape index (κ2) is 7.72. The molecule has 112 valence electrons. The predicted molar refractivity (Wildman–Crippen MR) is 88.2 cm³/mol. The Morgan fingerprint density at radius 1 is 0.857 bits per heavy atom. The van der Waals surface area contributed by atoms with Gasteiger partial charge in [0.15, 0.2) is 0 Å². The van der Waals surface area contributed by atoms with Crippen LogP contribution in [0.3, 0.4) is 0 Å². The van der Waals surface area contributed by atoms with Gasteiger partial charge in [-0.05, 0) is 36.1 Å². The van der Waals surface area contributed by atoms with Gasteiger partial charge in [0.25, 0.3) is 0 Å². The molecule has 2 aromatic carbocycles. The van der Waals surface area contributed by atoms with Crippen molar-refractivity contribution in [2.45, 2.75) is 32.6 Å². The summed E-state index contributed by atoms with van der Waals surface area (Å²) in [5, 5.41) is 0. The fourth-order valence-electron chi connectivity index (χ4n) is 2.58. The molecule has 2 rings (SSSR count). The molecular weight excluding hydrogens is 260 g/mol. The van der Waals surface area contributed by atoms with Crippen LogP contribution in [0.25, 0.3) is 11.1 Å². The quantitative estimate of drug-likeness (QED) is 0.658. The van der Waals surface area contributed by atoms with Crippen LogP contribution in [0.15, 0.2) is 42.5 Å². The van der Waals surface area contributed by atoms with Crippen molar-refractivity contribution in [3.63, 3.8) is 0 Å². The average molecular weight is 284 g/mol. The highest BCUT2D eigenvalue weighted by molar-refractivity contribution is 5.77. The summed E-state index contributed by atoms with van der Waals surface area (Å²) < 4.78 is 11.2. The molecule has 0 saturated heterocycles. The van der Waals surface area contributed by atoms with Crippen LogP contribution in [0.4, 0.5) is 0 Å². The fourth-order valence-corrected chi connectivity index (χ4v) is 2.58. The van der Waals surface area contributed by atoms with Crippen LogP contribution in [0, 0.1) is 0 Å². The first-order valence-electron chi connectivity index (χ1n) is 7.60.